The fraction of sp³-hybridized carbons (Fsp3) is 0.333. The molecular weight excluding hydrogens is 541 g/mol. The van der Waals surface area contributed by atoms with E-state index in [1.165, 1.54) is 4.90 Å². The predicted octanol–water partition coefficient (Wildman–Crippen LogP) is 4.08. The highest BCUT2D eigenvalue weighted by atomic mass is 79.9. The largest absolute Gasteiger partial charge is 0.355 e. The van der Waals surface area contributed by atoms with Crippen LogP contribution in [-0.2, 0) is 26.2 Å². The lowest BCUT2D eigenvalue weighted by atomic mass is 10.1. The van der Waals surface area contributed by atoms with E-state index in [0.717, 1.165) is 15.0 Å². The summed E-state index contributed by atoms with van der Waals surface area (Å²) in [4.78, 5) is 27.2. The molecule has 11 heteroatoms. The normalized spacial score (nSPS) is 12.2. The van der Waals surface area contributed by atoms with Gasteiger partial charge in [-0.1, -0.05) is 45.2 Å². The summed E-state index contributed by atoms with van der Waals surface area (Å²) in [6, 6.07) is 10.6. The van der Waals surface area contributed by atoms with Crippen molar-refractivity contribution >= 4 is 66.7 Å². The Labute approximate surface area is 206 Å². The third-order valence-electron chi connectivity index (χ3n) is 4.70. The van der Waals surface area contributed by atoms with E-state index in [0.29, 0.717) is 27.8 Å². The quantitative estimate of drug-likeness (QED) is 0.497. The number of benzene rings is 2. The van der Waals surface area contributed by atoms with Gasteiger partial charge in [-0.15, -0.1) is 0 Å². The molecule has 1 atom stereocenters. The van der Waals surface area contributed by atoms with Crippen LogP contribution in [0.3, 0.4) is 0 Å². The van der Waals surface area contributed by atoms with Crippen molar-refractivity contribution in [2.24, 2.45) is 0 Å². The smallest absolute Gasteiger partial charge is 0.244 e. The third-order valence-corrected chi connectivity index (χ3v) is 7.08. The number of carbonyl (C=O) groups excluding carboxylic acids is 2. The number of anilines is 1. The van der Waals surface area contributed by atoms with Crippen LogP contribution in [0.4, 0.5) is 5.69 Å². The Kier molecular flexibility index (Phi) is 9.39. The van der Waals surface area contributed by atoms with E-state index in [9.17, 15) is 18.0 Å². The standard InChI is InChI=1S/C21H24BrCl2N3O4S/c1-4-25-21(29)14(2)26(12-17-18(23)6-5-7-19(17)24)20(28)13-27(32(3,30)31)16-10-8-15(22)9-11-16/h5-11,14H,4,12-13H2,1-3H3,(H,25,29). The Bertz CT molecular complexity index is 1060. The molecule has 32 heavy (non-hydrogen) atoms. The molecular formula is C21H24BrCl2N3O4S. The molecule has 0 saturated heterocycles. The maximum absolute atomic E-state index is 13.4. The maximum atomic E-state index is 13.4. The lowest BCUT2D eigenvalue weighted by Crippen LogP contribution is -2.51. The number of halogens is 3. The predicted molar refractivity (Wildman–Crippen MR) is 131 cm³/mol. The van der Waals surface area contributed by atoms with Crippen LogP contribution >= 0.6 is 39.1 Å². The Hall–Kier alpha value is -1.81. The lowest BCUT2D eigenvalue weighted by Gasteiger charge is -2.31. The second-order valence-electron chi connectivity index (χ2n) is 7.04. The highest BCUT2D eigenvalue weighted by Crippen LogP contribution is 2.27. The molecule has 2 amide bonds. The minimum Gasteiger partial charge on any atom is -0.355 e. The van der Waals surface area contributed by atoms with Gasteiger partial charge in [-0.3, -0.25) is 13.9 Å². The Morgan fingerprint density at radius 3 is 2.16 bits per heavy atom. The zero-order valence-corrected chi connectivity index (χ0v) is 21.7. The van der Waals surface area contributed by atoms with E-state index >= 15 is 0 Å². The van der Waals surface area contributed by atoms with Gasteiger partial charge in [0.05, 0.1) is 11.9 Å². The van der Waals surface area contributed by atoms with E-state index < -0.39 is 28.5 Å². The molecule has 0 aliphatic heterocycles. The molecule has 2 aromatic carbocycles. The highest BCUT2D eigenvalue weighted by molar-refractivity contribution is 9.10. The second kappa shape index (κ2) is 11.4. The first-order valence-corrected chi connectivity index (χ1v) is 13.1. The van der Waals surface area contributed by atoms with Crippen LogP contribution in [0, 0.1) is 0 Å². The molecule has 0 radical (unpaired) electrons. The zero-order chi connectivity index (χ0) is 24.1. The monoisotopic (exact) mass is 563 g/mol. The number of carbonyl (C=O) groups is 2. The number of nitrogens with zero attached hydrogens (tertiary/aromatic N) is 2. The number of sulfonamides is 1. The Morgan fingerprint density at radius 2 is 1.66 bits per heavy atom. The molecule has 1 unspecified atom stereocenters. The van der Waals surface area contributed by atoms with Crippen LogP contribution in [0.25, 0.3) is 0 Å². The summed E-state index contributed by atoms with van der Waals surface area (Å²) in [6.45, 7) is 3.16. The second-order valence-corrected chi connectivity index (χ2v) is 10.7. The number of hydrogen-bond donors (Lipinski definition) is 1. The average Bonchev–Trinajstić information content (AvgIpc) is 2.71. The van der Waals surface area contributed by atoms with Crippen LogP contribution in [0.1, 0.15) is 19.4 Å². The Morgan fingerprint density at radius 1 is 1.09 bits per heavy atom. The first kappa shape index (κ1) is 26.4. The van der Waals surface area contributed by atoms with Crippen molar-refractivity contribution in [2.45, 2.75) is 26.4 Å². The molecule has 0 spiro atoms. The molecule has 0 aliphatic rings. The van der Waals surface area contributed by atoms with Crippen LogP contribution in [0.5, 0.6) is 0 Å². The number of amides is 2. The summed E-state index contributed by atoms with van der Waals surface area (Å²) in [5, 5.41) is 3.36. The Balaban J connectivity index is 2.43. The first-order valence-electron chi connectivity index (χ1n) is 9.69. The fourth-order valence-corrected chi connectivity index (χ4v) is 4.61. The minimum atomic E-state index is -3.79. The van der Waals surface area contributed by atoms with Gasteiger partial charge in [0, 0.05) is 33.2 Å². The number of nitrogens with one attached hydrogen (secondary N) is 1. The molecule has 2 rings (SSSR count). The van der Waals surface area contributed by atoms with Gasteiger partial charge >= 0.3 is 0 Å². The van der Waals surface area contributed by atoms with Gasteiger partial charge in [-0.2, -0.15) is 0 Å². The van der Waals surface area contributed by atoms with Gasteiger partial charge in [0.2, 0.25) is 21.8 Å². The van der Waals surface area contributed by atoms with E-state index in [1.807, 2.05) is 0 Å². The zero-order valence-electron chi connectivity index (χ0n) is 17.8. The number of hydrogen-bond acceptors (Lipinski definition) is 4. The van der Waals surface area contributed by atoms with E-state index in [1.54, 1.807) is 56.3 Å². The van der Waals surface area contributed by atoms with Crippen LogP contribution in [-0.4, -0.2) is 50.5 Å². The van der Waals surface area contributed by atoms with Crippen molar-refractivity contribution < 1.29 is 18.0 Å². The van der Waals surface area contributed by atoms with E-state index in [2.05, 4.69) is 21.2 Å². The van der Waals surface area contributed by atoms with Crippen LogP contribution < -0.4 is 9.62 Å². The maximum Gasteiger partial charge on any atom is 0.244 e. The molecule has 0 heterocycles. The summed E-state index contributed by atoms with van der Waals surface area (Å²) >= 11 is 15.9. The van der Waals surface area contributed by atoms with Gasteiger partial charge < -0.3 is 10.2 Å². The van der Waals surface area contributed by atoms with Crippen LogP contribution in [0.2, 0.25) is 10.0 Å². The summed E-state index contributed by atoms with van der Waals surface area (Å²) < 4.78 is 26.7. The third kappa shape index (κ3) is 6.84. The van der Waals surface area contributed by atoms with E-state index in [-0.39, 0.29) is 12.5 Å². The van der Waals surface area contributed by atoms with Gasteiger partial charge in [0.15, 0.2) is 0 Å². The summed E-state index contributed by atoms with van der Waals surface area (Å²) in [7, 11) is -3.79. The summed E-state index contributed by atoms with van der Waals surface area (Å²) in [5.41, 5.74) is 0.792. The first-order chi connectivity index (χ1) is 15.0. The van der Waals surface area contributed by atoms with Gasteiger partial charge in [0.25, 0.3) is 0 Å². The molecule has 2 aromatic rings. The minimum absolute atomic E-state index is 0.0619. The molecule has 0 fully saturated rings. The van der Waals surface area contributed by atoms with Crippen molar-refractivity contribution in [2.75, 3.05) is 23.7 Å². The molecule has 0 saturated carbocycles. The molecule has 174 valence electrons. The van der Waals surface area contributed by atoms with Crippen molar-refractivity contribution in [3.05, 3.63) is 62.5 Å². The summed E-state index contributed by atoms with van der Waals surface area (Å²) in [5.74, 6) is -0.952. The molecule has 0 aliphatic carbocycles. The number of likely N-dealkylation sites (N-methyl/N-ethyl adjacent to an activating group) is 1. The average molecular weight is 565 g/mol. The van der Waals surface area contributed by atoms with E-state index in [4.69, 9.17) is 23.2 Å². The summed E-state index contributed by atoms with van der Waals surface area (Å²) in [6.07, 6.45) is 1.02. The van der Waals surface area contributed by atoms with Crippen LogP contribution in [0.15, 0.2) is 46.9 Å². The topological polar surface area (TPSA) is 86.8 Å². The SMILES string of the molecule is CCNC(=O)C(C)N(Cc1c(Cl)cccc1Cl)C(=O)CN(c1ccc(Br)cc1)S(C)(=O)=O. The van der Waals surface area contributed by atoms with Gasteiger partial charge in [-0.25, -0.2) is 8.42 Å². The van der Waals surface area contributed by atoms with Crippen molar-refractivity contribution in [3.63, 3.8) is 0 Å². The molecule has 0 aromatic heterocycles. The van der Waals surface area contributed by atoms with Crippen molar-refractivity contribution in [3.8, 4) is 0 Å². The van der Waals surface area contributed by atoms with Gasteiger partial charge in [0.1, 0.15) is 12.6 Å². The highest BCUT2D eigenvalue weighted by Gasteiger charge is 2.30. The van der Waals surface area contributed by atoms with Crippen molar-refractivity contribution in [1.82, 2.24) is 10.2 Å². The molecule has 7 nitrogen and oxygen atoms in total. The number of rotatable bonds is 9. The van der Waals surface area contributed by atoms with Gasteiger partial charge in [-0.05, 0) is 50.2 Å². The molecule has 0 bridgehead atoms. The fourth-order valence-electron chi connectivity index (χ4n) is 2.98. The molecule has 1 N–H and O–H groups in total. The van der Waals surface area contributed by atoms with Crippen molar-refractivity contribution in [1.29, 1.82) is 0 Å². The lowest BCUT2D eigenvalue weighted by molar-refractivity contribution is -0.139.